The zero-order chi connectivity index (χ0) is 17.8. The molecule has 1 N–H and O–H groups in total. The summed E-state index contributed by atoms with van der Waals surface area (Å²) in [6.07, 6.45) is 2.34. The van der Waals surface area contributed by atoms with Crippen LogP contribution >= 0.6 is 0 Å². The number of carbonyl (C=O) groups excluding carboxylic acids is 1. The van der Waals surface area contributed by atoms with E-state index in [0.29, 0.717) is 12.1 Å². The van der Waals surface area contributed by atoms with Crippen molar-refractivity contribution in [1.82, 2.24) is 5.32 Å². The minimum atomic E-state index is -3.57. The van der Waals surface area contributed by atoms with Crippen molar-refractivity contribution in [2.75, 3.05) is 10.6 Å². The highest BCUT2D eigenvalue weighted by atomic mass is 32.2. The topological polar surface area (TPSA) is 66.5 Å². The predicted molar refractivity (Wildman–Crippen MR) is 95.2 cm³/mol. The third kappa shape index (κ3) is 4.96. The summed E-state index contributed by atoms with van der Waals surface area (Å²) in [6.45, 7) is 9.60. The molecule has 0 aliphatic heterocycles. The van der Waals surface area contributed by atoms with Gasteiger partial charge in [-0.3, -0.25) is 9.10 Å². The summed E-state index contributed by atoms with van der Waals surface area (Å²) in [7, 11) is -3.57. The Morgan fingerprint density at radius 3 is 2.22 bits per heavy atom. The van der Waals surface area contributed by atoms with Crippen LogP contribution in [0.1, 0.15) is 44.7 Å². The Balaban J connectivity index is 3.28. The fourth-order valence-corrected chi connectivity index (χ4v) is 3.57. The SMILES string of the molecule is CC[C@@H](C)NC(=O)[C@@H](CC)N(c1ccc(C)c(C)c1)S(C)(=O)=O. The number of rotatable bonds is 7. The Kier molecular flexibility index (Phi) is 6.62. The van der Waals surface area contributed by atoms with Gasteiger partial charge in [0, 0.05) is 6.04 Å². The van der Waals surface area contributed by atoms with Crippen molar-refractivity contribution in [1.29, 1.82) is 0 Å². The van der Waals surface area contributed by atoms with Crippen LogP contribution in [0, 0.1) is 13.8 Å². The van der Waals surface area contributed by atoms with Gasteiger partial charge in [-0.2, -0.15) is 0 Å². The molecule has 0 spiro atoms. The molecule has 6 heteroatoms. The molecule has 0 aromatic heterocycles. The maximum atomic E-state index is 12.5. The van der Waals surface area contributed by atoms with Crippen LogP contribution in [0.15, 0.2) is 18.2 Å². The van der Waals surface area contributed by atoms with E-state index in [1.165, 1.54) is 4.31 Å². The van der Waals surface area contributed by atoms with Gasteiger partial charge in [-0.05, 0) is 56.9 Å². The van der Waals surface area contributed by atoms with Crippen molar-refractivity contribution in [2.45, 2.75) is 59.5 Å². The van der Waals surface area contributed by atoms with Crippen LogP contribution in [0.4, 0.5) is 5.69 Å². The first-order valence-electron chi connectivity index (χ1n) is 7.98. The van der Waals surface area contributed by atoms with E-state index in [0.717, 1.165) is 23.8 Å². The van der Waals surface area contributed by atoms with Crippen molar-refractivity contribution in [3.8, 4) is 0 Å². The molecule has 0 unspecified atom stereocenters. The third-order valence-corrected chi connectivity index (χ3v) is 5.26. The predicted octanol–water partition coefficient (Wildman–Crippen LogP) is 2.76. The van der Waals surface area contributed by atoms with Gasteiger partial charge in [-0.25, -0.2) is 8.42 Å². The second kappa shape index (κ2) is 7.81. The van der Waals surface area contributed by atoms with E-state index in [4.69, 9.17) is 0 Å². The number of sulfonamides is 1. The van der Waals surface area contributed by atoms with Gasteiger partial charge in [0.2, 0.25) is 15.9 Å². The molecule has 23 heavy (non-hydrogen) atoms. The van der Waals surface area contributed by atoms with Gasteiger partial charge in [0.25, 0.3) is 0 Å². The van der Waals surface area contributed by atoms with Gasteiger partial charge in [0.1, 0.15) is 6.04 Å². The molecule has 0 aliphatic rings. The summed E-state index contributed by atoms with van der Waals surface area (Å²) in [5, 5.41) is 2.88. The molecule has 130 valence electrons. The zero-order valence-corrected chi connectivity index (χ0v) is 15.7. The second-order valence-corrected chi connectivity index (χ2v) is 7.93. The fourth-order valence-electron chi connectivity index (χ4n) is 2.36. The number of aryl methyl sites for hydroxylation is 2. The fraction of sp³-hybridized carbons (Fsp3) is 0.588. The summed E-state index contributed by atoms with van der Waals surface area (Å²) in [4.78, 5) is 12.5. The summed E-state index contributed by atoms with van der Waals surface area (Å²) in [6, 6.07) is 4.71. The van der Waals surface area contributed by atoms with Crippen molar-refractivity contribution in [3.63, 3.8) is 0 Å². The molecule has 0 bridgehead atoms. The third-order valence-electron chi connectivity index (χ3n) is 4.08. The Morgan fingerprint density at radius 1 is 1.17 bits per heavy atom. The van der Waals surface area contributed by atoms with Gasteiger partial charge in [-0.1, -0.05) is 19.9 Å². The number of hydrogen-bond donors (Lipinski definition) is 1. The Labute approximate surface area is 140 Å². The smallest absolute Gasteiger partial charge is 0.244 e. The molecule has 0 heterocycles. The van der Waals surface area contributed by atoms with Crippen molar-refractivity contribution < 1.29 is 13.2 Å². The number of benzene rings is 1. The van der Waals surface area contributed by atoms with E-state index < -0.39 is 16.1 Å². The number of nitrogens with zero attached hydrogens (tertiary/aromatic N) is 1. The molecule has 0 saturated carbocycles. The first-order valence-corrected chi connectivity index (χ1v) is 9.83. The van der Waals surface area contributed by atoms with Gasteiger partial charge in [0.05, 0.1) is 11.9 Å². The maximum absolute atomic E-state index is 12.5. The molecule has 0 aliphatic carbocycles. The normalized spacial score (nSPS) is 14.2. The summed E-state index contributed by atoms with van der Waals surface area (Å²) in [5.74, 6) is -0.259. The lowest BCUT2D eigenvalue weighted by atomic mass is 10.1. The van der Waals surface area contributed by atoms with Crippen LogP contribution in [-0.2, 0) is 14.8 Å². The van der Waals surface area contributed by atoms with E-state index in [9.17, 15) is 13.2 Å². The van der Waals surface area contributed by atoms with Gasteiger partial charge in [0.15, 0.2) is 0 Å². The van der Waals surface area contributed by atoms with E-state index in [1.807, 2.05) is 46.8 Å². The quantitative estimate of drug-likeness (QED) is 0.830. The number of carbonyl (C=O) groups is 1. The Hall–Kier alpha value is -1.56. The van der Waals surface area contributed by atoms with Crippen LogP contribution in [0.2, 0.25) is 0 Å². The van der Waals surface area contributed by atoms with E-state index in [1.54, 1.807) is 6.07 Å². The molecular formula is C17H28N2O3S. The highest BCUT2D eigenvalue weighted by molar-refractivity contribution is 7.92. The second-order valence-electron chi connectivity index (χ2n) is 6.07. The van der Waals surface area contributed by atoms with Gasteiger partial charge < -0.3 is 5.32 Å². The molecule has 2 atom stereocenters. The number of hydrogen-bond acceptors (Lipinski definition) is 3. The average Bonchev–Trinajstić information content (AvgIpc) is 2.46. The molecule has 0 fully saturated rings. The van der Waals surface area contributed by atoms with Crippen molar-refractivity contribution in [2.24, 2.45) is 0 Å². The first kappa shape index (κ1) is 19.5. The minimum Gasteiger partial charge on any atom is -0.352 e. The molecule has 0 saturated heterocycles. The monoisotopic (exact) mass is 340 g/mol. The van der Waals surface area contributed by atoms with E-state index in [-0.39, 0.29) is 11.9 Å². The molecule has 5 nitrogen and oxygen atoms in total. The molecule has 1 aromatic carbocycles. The summed E-state index contributed by atoms with van der Waals surface area (Å²) in [5.41, 5.74) is 2.61. The highest BCUT2D eigenvalue weighted by Crippen LogP contribution is 2.25. The number of nitrogens with one attached hydrogen (secondary N) is 1. The molecule has 1 rings (SSSR count). The highest BCUT2D eigenvalue weighted by Gasteiger charge is 2.31. The standard InChI is InChI=1S/C17H28N2O3S/c1-7-14(5)18-17(20)16(8-2)19(23(6,21)22)15-10-9-12(3)13(4)11-15/h9-11,14,16H,7-8H2,1-6H3,(H,18,20)/t14-,16-/m1/s1. The maximum Gasteiger partial charge on any atom is 0.244 e. The number of anilines is 1. The Bertz CT molecular complexity index is 656. The van der Waals surface area contributed by atoms with Crippen LogP contribution in [0.25, 0.3) is 0 Å². The zero-order valence-electron chi connectivity index (χ0n) is 14.9. The number of amides is 1. The van der Waals surface area contributed by atoms with Gasteiger partial charge in [-0.15, -0.1) is 0 Å². The van der Waals surface area contributed by atoms with Crippen molar-refractivity contribution in [3.05, 3.63) is 29.3 Å². The molecule has 1 aromatic rings. The van der Waals surface area contributed by atoms with Crippen molar-refractivity contribution >= 4 is 21.6 Å². The molecular weight excluding hydrogens is 312 g/mol. The van der Waals surface area contributed by atoms with Crippen LogP contribution in [0.5, 0.6) is 0 Å². The largest absolute Gasteiger partial charge is 0.352 e. The lowest BCUT2D eigenvalue weighted by molar-refractivity contribution is -0.122. The Morgan fingerprint density at radius 2 is 1.78 bits per heavy atom. The lowest BCUT2D eigenvalue weighted by Gasteiger charge is -2.31. The summed E-state index contributed by atoms with van der Waals surface area (Å²) < 4.78 is 25.9. The summed E-state index contributed by atoms with van der Waals surface area (Å²) >= 11 is 0. The minimum absolute atomic E-state index is 0.0118. The molecule has 0 radical (unpaired) electrons. The lowest BCUT2D eigenvalue weighted by Crippen LogP contribution is -2.51. The van der Waals surface area contributed by atoms with Gasteiger partial charge >= 0.3 is 0 Å². The molecule has 1 amide bonds. The average molecular weight is 340 g/mol. The van der Waals surface area contributed by atoms with Crippen LogP contribution < -0.4 is 9.62 Å². The first-order chi connectivity index (χ1) is 10.6. The van der Waals surface area contributed by atoms with E-state index >= 15 is 0 Å². The van der Waals surface area contributed by atoms with Crippen LogP contribution in [0.3, 0.4) is 0 Å². The van der Waals surface area contributed by atoms with E-state index in [2.05, 4.69) is 5.32 Å². The van der Waals surface area contributed by atoms with Crippen LogP contribution in [-0.4, -0.2) is 32.7 Å².